The monoisotopic (exact) mass is 540 g/mol. The number of carbonyl (C=O) groups excluding carboxylic acids is 2. The van der Waals surface area contributed by atoms with Crippen molar-refractivity contribution in [2.45, 2.75) is 38.0 Å². The molecular formula is C26H22F6N2O4. The number of nitriles is 1. The van der Waals surface area contributed by atoms with E-state index in [4.69, 9.17) is 15.2 Å². The Labute approximate surface area is 213 Å². The van der Waals surface area contributed by atoms with E-state index in [0.717, 1.165) is 48.5 Å². The fourth-order valence-corrected chi connectivity index (χ4v) is 4.63. The van der Waals surface area contributed by atoms with Gasteiger partial charge in [0, 0.05) is 11.8 Å². The van der Waals surface area contributed by atoms with Crippen LogP contribution >= 0.6 is 0 Å². The minimum atomic E-state index is -4.69. The highest BCUT2D eigenvalue weighted by molar-refractivity contribution is 5.98. The van der Waals surface area contributed by atoms with Gasteiger partial charge in [-0.25, -0.2) is 9.59 Å². The van der Waals surface area contributed by atoms with Crippen LogP contribution in [0.15, 0.2) is 59.8 Å². The van der Waals surface area contributed by atoms with Gasteiger partial charge >= 0.3 is 24.3 Å². The molecule has 0 heterocycles. The first kappa shape index (κ1) is 28.6. The Hall–Kier alpha value is -4.01. The minimum absolute atomic E-state index is 0.000232. The third kappa shape index (κ3) is 4.92. The molecule has 0 radical (unpaired) electrons. The molecule has 3 atom stereocenters. The zero-order chi connectivity index (χ0) is 28.5. The number of ether oxygens (including phenoxy) is 2. The van der Waals surface area contributed by atoms with Gasteiger partial charge in [-0.1, -0.05) is 24.3 Å². The van der Waals surface area contributed by atoms with Crippen molar-refractivity contribution in [1.29, 1.82) is 5.26 Å². The van der Waals surface area contributed by atoms with Gasteiger partial charge in [0.2, 0.25) is 5.41 Å². The number of nitrogens with zero attached hydrogens (tertiary/aromatic N) is 1. The number of hydrogen-bond donors (Lipinski definition) is 1. The van der Waals surface area contributed by atoms with E-state index in [1.54, 1.807) is 6.07 Å². The lowest BCUT2D eigenvalue weighted by Crippen LogP contribution is -2.40. The van der Waals surface area contributed by atoms with Crippen LogP contribution in [-0.2, 0) is 31.4 Å². The first-order valence-electron chi connectivity index (χ1n) is 11.3. The van der Waals surface area contributed by atoms with Crippen LogP contribution in [0.4, 0.5) is 26.3 Å². The second kappa shape index (κ2) is 10.4. The molecule has 0 saturated heterocycles. The lowest BCUT2D eigenvalue weighted by molar-refractivity contribution is -0.151. The molecule has 0 saturated carbocycles. The molecule has 0 spiro atoms. The molecule has 0 aromatic heterocycles. The van der Waals surface area contributed by atoms with E-state index in [1.807, 2.05) is 0 Å². The fraction of sp³-hybridized carbons (Fsp3) is 0.346. The van der Waals surface area contributed by atoms with Gasteiger partial charge in [0.05, 0.1) is 41.7 Å². The van der Waals surface area contributed by atoms with Crippen LogP contribution in [0.5, 0.6) is 0 Å². The Bertz CT molecular complexity index is 1280. The molecule has 12 heteroatoms. The van der Waals surface area contributed by atoms with Gasteiger partial charge in [-0.15, -0.1) is 0 Å². The summed E-state index contributed by atoms with van der Waals surface area (Å²) in [5, 5.41) is 10.3. The van der Waals surface area contributed by atoms with Crippen molar-refractivity contribution in [3.8, 4) is 6.07 Å². The van der Waals surface area contributed by atoms with E-state index < -0.39 is 58.4 Å². The highest BCUT2D eigenvalue weighted by Gasteiger charge is 2.62. The third-order valence-electron chi connectivity index (χ3n) is 6.29. The van der Waals surface area contributed by atoms with Crippen molar-refractivity contribution in [3.05, 3.63) is 82.1 Å². The Morgan fingerprint density at radius 3 is 1.71 bits per heavy atom. The summed E-state index contributed by atoms with van der Waals surface area (Å²) in [4.78, 5) is 26.3. The summed E-state index contributed by atoms with van der Waals surface area (Å²) in [5.74, 6) is -4.98. The first-order valence-corrected chi connectivity index (χ1v) is 11.3. The Morgan fingerprint density at radius 2 is 1.32 bits per heavy atom. The Kier molecular flexibility index (Phi) is 7.81. The second-order valence-corrected chi connectivity index (χ2v) is 8.38. The summed E-state index contributed by atoms with van der Waals surface area (Å²) >= 11 is 0. The number of alkyl halides is 6. The Morgan fingerprint density at radius 1 is 0.868 bits per heavy atom. The van der Waals surface area contributed by atoms with Gasteiger partial charge in [-0.05, 0) is 49.2 Å². The van der Waals surface area contributed by atoms with Crippen LogP contribution in [0.1, 0.15) is 47.9 Å². The predicted molar refractivity (Wildman–Crippen MR) is 121 cm³/mol. The van der Waals surface area contributed by atoms with Crippen LogP contribution in [0.2, 0.25) is 0 Å². The van der Waals surface area contributed by atoms with Crippen molar-refractivity contribution < 1.29 is 45.4 Å². The maximum absolute atomic E-state index is 13.3. The first-order chi connectivity index (χ1) is 17.7. The lowest BCUT2D eigenvalue weighted by atomic mass is 9.68. The largest absolute Gasteiger partial charge is 0.464 e. The number of rotatable bonds is 6. The normalized spacial score (nSPS) is 21.7. The molecule has 2 N–H and O–H groups in total. The van der Waals surface area contributed by atoms with Gasteiger partial charge < -0.3 is 15.2 Å². The predicted octanol–water partition coefficient (Wildman–Crippen LogP) is 5.45. The molecule has 1 aliphatic rings. The zero-order valence-corrected chi connectivity index (χ0v) is 20.1. The molecule has 2 aromatic carbocycles. The summed E-state index contributed by atoms with van der Waals surface area (Å²) < 4.78 is 89.5. The smallest absolute Gasteiger partial charge is 0.416 e. The number of nitrogens with two attached hydrogens (primary N) is 1. The van der Waals surface area contributed by atoms with E-state index >= 15 is 0 Å². The summed E-state index contributed by atoms with van der Waals surface area (Å²) in [6.45, 7) is 2.59. The van der Waals surface area contributed by atoms with Crippen LogP contribution in [0.25, 0.3) is 0 Å². The molecule has 0 fully saturated rings. The van der Waals surface area contributed by atoms with Crippen LogP contribution in [0, 0.1) is 16.7 Å². The summed E-state index contributed by atoms with van der Waals surface area (Å²) in [6, 6.07) is 8.90. The van der Waals surface area contributed by atoms with Crippen molar-refractivity contribution in [2.24, 2.45) is 11.1 Å². The van der Waals surface area contributed by atoms with E-state index in [0.29, 0.717) is 0 Å². The zero-order valence-electron chi connectivity index (χ0n) is 20.1. The quantitative estimate of drug-likeness (QED) is 0.386. The van der Waals surface area contributed by atoms with E-state index in [-0.39, 0.29) is 29.9 Å². The van der Waals surface area contributed by atoms with Crippen molar-refractivity contribution >= 4 is 11.9 Å². The van der Waals surface area contributed by atoms with Crippen LogP contribution < -0.4 is 5.73 Å². The molecule has 0 amide bonds. The average molecular weight is 540 g/mol. The number of benzene rings is 2. The topological polar surface area (TPSA) is 102 Å². The van der Waals surface area contributed by atoms with Crippen LogP contribution in [-0.4, -0.2) is 25.2 Å². The highest BCUT2D eigenvalue weighted by atomic mass is 19.4. The number of hydrogen-bond acceptors (Lipinski definition) is 6. The minimum Gasteiger partial charge on any atom is -0.464 e. The number of halogens is 6. The maximum atomic E-state index is 13.3. The molecule has 3 rings (SSSR count). The highest BCUT2D eigenvalue weighted by Crippen LogP contribution is 2.59. The third-order valence-corrected chi connectivity index (χ3v) is 6.29. The molecule has 0 aliphatic heterocycles. The van der Waals surface area contributed by atoms with Crippen LogP contribution in [0.3, 0.4) is 0 Å². The van der Waals surface area contributed by atoms with E-state index in [2.05, 4.69) is 0 Å². The van der Waals surface area contributed by atoms with Gasteiger partial charge in [0.15, 0.2) is 0 Å². The van der Waals surface area contributed by atoms with Gasteiger partial charge in [-0.3, -0.25) is 0 Å². The number of esters is 2. The molecule has 202 valence electrons. The van der Waals surface area contributed by atoms with E-state index in [1.165, 1.54) is 13.8 Å². The molecule has 38 heavy (non-hydrogen) atoms. The Balaban J connectivity index is 2.35. The lowest BCUT2D eigenvalue weighted by Gasteiger charge is -2.32. The summed E-state index contributed by atoms with van der Waals surface area (Å²) in [6.07, 6.45) is -9.37. The molecule has 1 aliphatic carbocycles. The standard InChI is InChI=1S/C26H22F6N2O4/c1-3-37-22(35)19-18(14-5-9-16(10-6-14)25(27,28)29)20(15-7-11-17(12-8-15)26(30,31)32)24(13-33,21(19)34)23(36)38-4-2/h5-12,18,20H,3-4,34H2,1-2H3/t18-,20+,24-/m0/s1. The van der Waals surface area contributed by atoms with Gasteiger partial charge in [-0.2, -0.15) is 31.6 Å². The van der Waals surface area contributed by atoms with Gasteiger partial charge in [0.1, 0.15) is 0 Å². The second-order valence-electron chi connectivity index (χ2n) is 8.38. The maximum Gasteiger partial charge on any atom is 0.416 e. The average Bonchev–Trinajstić information content (AvgIpc) is 3.12. The fourth-order valence-electron chi connectivity index (χ4n) is 4.63. The SMILES string of the molecule is CCOC(=O)C1=C(N)[C@@](C#N)(C(=O)OCC)[C@H](c2ccc(C(F)(F)F)cc2)[C@H]1c1ccc(C(F)(F)F)cc1. The molecule has 6 nitrogen and oxygen atoms in total. The van der Waals surface area contributed by atoms with Gasteiger partial charge in [0.25, 0.3) is 0 Å². The summed E-state index contributed by atoms with van der Waals surface area (Å²) in [7, 11) is 0. The summed E-state index contributed by atoms with van der Waals surface area (Å²) in [5.41, 5.74) is 0.994. The van der Waals surface area contributed by atoms with E-state index in [9.17, 15) is 41.2 Å². The van der Waals surface area contributed by atoms with Crippen molar-refractivity contribution in [3.63, 3.8) is 0 Å². The molecule has 0 unspecified atom stereocenters. The molecule has 0 bridgehead atoms. The molecule has 2 aromatic rings. The van der Waals surface area contributed by atoms with Crippen molar-refractivity contribution in [2.75, 3.05) is 13.2 Å². The number of carbonyl (C=O) groups is 2. The van der Waals surface area contributed by atoms with Crippen molar-refractivity contribution in [1.82, 2.24) is 0 Å². The molecular weight excluding hydrogens is 518 g/mol.